The first-order chi connectivity index (χ1) is 16.4. The highest BCUT2D eigenvalue weighted by Crippen LogP contribution is 2.34. The molecule has 172 valence electrons. The zero-order valence-electron chi connectivity index (χ0n) is 18.6. The van der Waals surface area contributed by atoms with Gasteiger partial charge in [-0.05, 0) is 61.9 Å². The molecule has 0 aliphatic carbocycles. The summed E-state index contributed by atoms with van der Waals surface area (Å²) in [7, 11) is 0. The van der Waals surface area contributed by atoms with Gasteiger partial charge < -0.3 is 15.4 Å². The number of aryl methyl sites for hydroxylation is 1. The Kier molecular flexibility index (Phi) is 6.84. The molecule has 34 heavy (non-hydrogen) atoms. The van der Waals surface area contributed by atoms with Crippen molar-refractivity contribution in [1.82, 2.24) is 4.98 Å². The molecule has 0 unspecified atom stereocenters. The van der Waals surface area contributed by atoms with Crippen LogP contribution in [0.1, 0.15) is 22.2 Å². The number of hydrogen-bond acceptors (Lipinski definition) is 7. The fourth-order valence-corrected chi connectivity index (χ4v) is 4.18. The molecule has 0 bridgehead atoms. The first-order valence-electron chi connectivity index (χ1n) is 10.6. The lowest BCUT2D eigenvalue weighted by atomic mass is 10.1. The van der Waals surface area contributed by atoms with Gasteiger partial charge >= 0.3 is 0 Å². The lowest BCUT2D eigenvalue weighted by Crippen LogP contribution is -2.12. The topological polar surface area (TPSA) is 106 Å². The number of rotatable bonds is 8. The number of anilines is 3. The Morgan fingerprint density at radius 2 is 1.76 bits per heavy atom. The molecule has 0 aliphatic heterocycles. The minimum atomic E-state index is -0.463. The van der Waals surface area contributed by atoms with Crippen LogP contribution >= 0.6 is 11.3 Å². The molecule has 8 nitrogen and oxygen atoms in total. The van der Waals surface area contributed by atoms with Gasteiger partial charge in [-0.2, -0.15) is 0 Å². The van der Waals surface area contributed by atoms with Crippen molar-refractivity contribution in [3.8, 4) is 17.0 Å². The third kappa shape index (κ3) is 5.21. The molecule has 0 atom stereocenters. The van der Waals surface area contributed by atoms with Gasteiger partial charge in [0.2, 0.25) is 0 Å². The second-order valence-electron chi connectivity index (χ2n) is 7.35. The number of amides is 1. The minimum Gasteiger partial charge on any atom is -0.494 e. The minimum absolute atomic E-state index is 0.0300. The summed E-state index contributed by atoms with van der Waals surface area (Å²) >= 11 is 1.21. The molecule has 1 amide bonds. The van der Waals surface area contributed by atoms with E-state index in [1.54, 1.807) is 12.1 Å². The van der Waals surface area contributed by atoms with E-state index >= 15 is 0 Å². The average Bonchev–Trinajstić information content (AvgIpc) is 3.26. The van der Waals surface area contributed by atoms with Gasteiger partial charge in [-0.15, -0.1) is 0 Å². The number of thiazole rings is 1. The number of ether oxygens (including phenoxy) is 1. The van der Waals surface area contributed by atoms with Crippen LogP contribution in [0.2, 0.25) is 0 Å². The van der Waals surface area contributed by atoms with Crippen molar-refractivity contribution < 1.29 is 14.5 Å². The van der Waals surface area contributed by atoms with Crippen LogP contribution in [0.25, 0.3) is 11.3 Å². The smallest absolute Gasteiger partial charge is 0.269 e. The number of nitro benzene ring substituents is 1. The Morgan fingerprint density at radius 1 is 1.06 bits per heavy atom. The lowest BCUT2D eigenvalue weighted by molar-refractivity contribution is -0.384. The van der Waals surface area contributed by atoms with E-state index in [9.17, 15) is 14.9 Å². The van der Waals surface area contributed by atoms with Crippen molar-refractivity contribution in [3.63, 3.8) is 0 Å². The van der Waals surface area contributed by atoms with Crippen LogP contribution in [0.4, 0.5) is 22.2 Å². The molecule has 4 rings (SSSR count). The number of benzene rings is 3. The van der Waals surface area contributed by atoms with Gasteiger partial charge in [0.25, 0.3) is 11.6 Å². The van der Waals surface area contributed by atoms with E-state index in [2.05, 4.69) is 15.6 Å². The average molecular weight is 475 g/mol. The Bertz CT molecular complexity index is 1320. The molecule has 2 N–H and O–H groups in total. The van der Waals surface area contributed by atoms with Gasteiger partial charge in [-0.25, -0.2) is 4.98 Å². The molecular formula is C25H22N4O4S. The van der Waals surface area contributed by atoms with Crippen LogP contribution < -0.4 is 15.4 Å². The van der Waals surface area contributed by atoms with E-state index in [0.717, 1.165) is 17.0 Å². The Balaban J connectivity index is 1.67. The van der Waals surface area contributed by atoms with Crippen molar-refractivity contribution in [2.45, 2.75) is 13.8 Å². The molecule has 1 heterocycles. The second kappa shape index (κ2) is 10.1. The van der Waals surface area contributed by atoms with E-state index in [1.165, 1.54) is 23.5 Å². The SMILES string of the molecule is CCOc1ccc(Nc2nc(-c3ccc([N+](=O)[O-])cc3)c(C(=O)Nc3ccccc3C)s2)cc1. The number of nitrogens with zero attached hydrogens (tertiary/aromatic N) is 2. The van der Waals surface area contributed by atoms with Gasteiger partial charge in [0.15, 0.2) is 5.13 Å². The predicted octanol–water partition coefficient (Wildman–Crippen LogP) is 6.42. The van der Waals surface area contributed by atoms with E-state index < -0.39 is 4.92 Å². The van der Waals surface area contributed by atoms with Crippen LogP contribution in [0.5, 0.6) is 5.75 Å². The summed E-state index contributed by atoms with van der Waals surface area (Å²) in [6.07, 6.45) is 0. The zero-order chi connectivity index (χ0) is 24.1. The lowest BCUT2D eigenvalue weighted by Gasteiger charge is -2.08. The number of aromatic nitrogens is 1. The first-order valence-corrected chi connectivity index (χ1v) is 11.4. The van der Waals surface area contributed by atoms with Crippen LogP contribution in [0, 0.1) is 17.0 Å². The molecule has 0 saturated heterocycles. The van der Waals surface area contributed by atoms with Crippen molar-refractivity contribution in [2.75, 3.05) is 17.2 Å². The third-order valence-electron chi connectivity index (χ3n) is 4.99. The van der Waals surface area contributed by atoms with Crippen LogP contribution in [-0.2, 0) is 0 Å². The first kappa shape index (κ1) is 22.9. The van der Waals surface area contributed by atoms with E-state index in [1.807, 2.05) is 62.4 Å². The molecule has 0 fully saturated rings. The highest BCUT2D eigenvalue weighted by atomic mass is 32.1. The number of nitrogens with one attached hydrogen (secondary N) is 2. The Hall–Kier alpha value is -4.24. The van der Waals surface area contributed by atoms with Gasteiger partial charge in [0.05, 0.1) is 17.2 Å². The molecule has 0 saturated carbocycles. The van der Waals surface area contributed by atoms with Crippen LogP contribution in [-0.4, -0.2) is 22.4 Å². The van der Waals surface area contributed by atoms with Gasteiger partial charge in [0, 0.05) is 29.1 Å². The molecule has 0 aliphatic rings. The number of para-hydroxylation sites is 1. The van der Waals surface area contributed by atoms with Gasteiger partial charge in [-0.3, -0.25) is 14.9 Å². The summed E-state index contributed by atoms with van der Waals surface area (Å²) in [4.78, 5) is 28.8. The normalized spacial score (nSPS) is 10.5. The molecule has 9 heteroatoms. The summed E-state index contributed by atoms with van der Waals surface area (Å²) in [5, 5.41) is 17.7. The van der Waals surface area contributed by atoms with Crippen molar-refractivity contribution in [2.24, 2.45) is 0 Å². The van der Waals surface area contributed by atoms with Crippen molar-refractivity contribution in [1.29, 1.82) is 0 Å². The maximum atomic E-state index is 13.2. The predicted molar refractivity (Wildman–Crippen MR) is 134 cm³/mol. The quantitative estimate of drug-likeness (QED) is 0.225. The van der Waals surface area contributed by atoms with Crippen LogP contribution in [0.3, 0.4) is 0 Å². The standard InChI is InChI=1S/C25H22N4O4S/c1-3-33-20-14-10-18(11-15-20)26-25-28-22(17-8-12-19(13-9-17)29(31)32)23(34-25)24(30)27-21-7-5-4-6-16(21)2/h4-15H,3H2,1-2H3,(H,26,28)(H,27,30). The molecule has 0 radical (unpaired) electrons. The molecular weight excluding hydrogens is 452 g/mol. The van der Waals surface area contributed by atoms with Gasteiger partial charge in [-0.1, -0.05) is 29.5 Å². The van der Waals surface area contributed by atoms with Gasteiger partial charge in [0.1, 0.15) is 10.6 Å². The Labute approximate surface area is 200 Å². The van der Waals surface area contributed by atoms with Crippen LogP contribution in [0.15, 0.2) is 72.8 Å². The summed E-state index contributed by atoms with van der Waals surface area (Å²) < 4.78 is 5.47. The largest absolute Gasteiger partial charge is 0.494 e. The van der Waals surface area contributed by atoms with E-state index in [4.69, 9.17) is 4.74 Å². The zero-order valence-corrected chi connectivity index (χ0v) is 19.4. The summed E-state index contributed by atoms with van der Waals surface area (Å²) in [5.41, 5.74) is 3.45. The molecule has 0 spiro atoms. The maximum Gasteiger partial charge on any atom is 0.269 e. The highest BCUT2D eigenvalue weighted by molar-refractivity contribution is 7.18. The Morgan fingerprint density at radius 3 is 2.41 bits per heavy atom. The number of nitro groups is 1. The fraction of sp³-hybridized carbons (Fsp3) is 0.120. The van der Waals surface area contributed by atoms with Crippen molar-refractivity contribution >= 4 is 39.4 Å². The molecule has 1 aromatic heterocycles. The molecule has 4 aromatic rings. The highest BCUT2D eigenvalue weighted by Gasteiger charge is 2.21. The maximum absolute atomic E-state index is 13.2. The summed E-state index contributed by atoms with van der Waals surface area (Å²) in [6.45, 7) is 4.42. The monoisotopic (exact) mass is 474 g/mol. The molecule has 3 aromatic carbocycles. The summed E-state index contributed by atoms with van der Waals surface area (Å²) in [5.74, 6) is 0.456. The fourth-order valence-electron chi connectivity index (χ4n) is 3.28. The van der Waals surface area contributed by atoms with E-state index in [-0.39, 0.29) is 11.6 Å². The number of carbonyl (C=O) groups excluding carboxylic acids is 1. The van der Waals surface area contributed by atoms with Crippen molar-refractivity contribution in [3.05, 3.63) is 93.4 Å². The third-order valence-corrected chi connectivity index (χ3v) is 5.96. The number of hydrogen-bond donors (Lipinski definition) is 2. The second-order valence-corrected chi connectivity index (χ2v) is 8.35. The van der Waals surface area contributed by atoms with E-state index in [0.29, 0.717) is 33.6 Å². The number of non-ortho nitro benzene ring substituents is 1. The summed E-state index contributed by atoms with van der Waals surface area (Å²) in [6, 6.07) is 20.9. The number of carbonyl (C=O) groups is 1.